The molecule has 7 rings (SSSR count). The number of likely N-dealkylation sites (N-methyl/N-ethyl adjacent to an activating group) is 2. The SMILES string of the molecule is CCn1c(-c2cccnc2[C@H](C)OC)c2c3cc(ccc31)-c1cc(O)cc(c1)C[C@H](NC(=O)[C@H](C(C)C)N(C)C(=O)CN(C)C(=O)[C@@H]1N[C@@H]1C)C(=O)N1CCC[C@H](N1)C(=O)OCC(C)(C)C2. The van der Waals surface area contributed by atoms with Crippen LogP contribution >= 0.6 is 0 Å². The van der Waals surface area contributed by atoms with Crippen LogP contribution in [-0.2, 0) is 52.8 Å². The van der Waals surface area contributed by atoms with Crippen LogP contribution in [-0.4, -0.2) is 130 Å². The number of fused-ring (bicyclic) bond motifs is 6. The third-order valence-corrected chi connectivity index (χ3v) is 13.2. The van der Waals surface area contributed by atoms with E-state index in [1.165, 1.54) is 21.9 Å². The topological polar surface area (TPSA) is 198 Å². The largest absolute Gasteiger partial charge is 0.508 e. The van der Waals surface area contributed by atoms with Gasteiger partial charge >= 0.3 is 5.97 Å². The van der Waals surface area contributed by atoms with Crippen molar-refractivity contribution in [3.05, 3.63) is 71.5 Å². The van der Waals surface area contributed by atoms with E-state index in [2.05, 4.69) is 59.6 Å². The van der Waals surface area contributed by atoms with E-state index in [0.29, 0.717) is 36.9 Å². The zero-order valence-electron chi connectivity index (χ0n) is 39.9. The number of hydrazine groups is 1. The summed E-state index contributed by atoms with van der Waals surface area (Å²) >= 11 is 0. The minimum atomic E-state index is -1.18. The van der Waals surface area contributed by atoms with Crippen LogP contribution in [0.2, 0.25) is 0 Å². The molecule has 2 saturated heterocycles. The van der Waals surface area contributed by atoms with Gasteiger partial charge in [-0.1, -0.05) is 39.8 Å². The molecule has 6 bridgehead atoms. The highest BCUT2D eigenvalue weighted by molar-refractivity contribution is 5.96. The Kier molecular flexibility index (Phi) is 14.3. The van der Waals surface area contributed by atoms with Gasteiger partial charge in [0.1, 0.15) is 29.9 Å². The third-order valence-electron chi connectivity index (χ3n) is 13.2. The second kappa shape index (κ2) is 19.6. The Hall–Kier alpha value is -5.84. The lowest BCUT2D eigenvalue weighted by Crippen LogP contribution is -2.62. The third kappa shape index (κ3) is 10.1. The van der Waals surface area contributed by atoms with Gasteiger partial charge in [0, 0.05) is 74.8 Å². The van der Waals surface area contributed by atoms with E-state index >= 15 is 0 Å². The number of phenolic OH excluding ortho intramolecular Hbond substituents is 1. The Morgan fingerprint density at radius 3 is 2.50 bits per heavy atom. The van der Waals surface area contributed by atoms with E-state index < -0.39 is 47.2 Å². The smallest absolute Gasteiger partial charge is 0.324 e. The number of nitrogens with zero attached hydrogens (tertiary/aromatic N) is 5. The number of ether oxygens (including phenoxy) is 2. The van der Waals surface area contributed by atoms with Crippen LogP contribution in [0.5, 0.6) is 5.75 Å². The van der Waals surface area contributed by atoms with Gasteiger partial charge in [-0.3, -0.25) is 39.3 Å². The summed E-state index contributed by atoms with van der Waals surface area (Å²) in [4.78, 5) is 77.0. The summed E-state index contributed by atoms with van der Waals surface area (Å²) in [5.74, 6) is -2.57. The highest BCUT2D eigenvalue weighted by Gasteiger charge is 2.42. The fourth-order valence-electron chi connectivity index (χ4n) is 9.55. The molecule has 66 heavy (non-hydrogen) atoms. The van der Waals surface area contributed by atoms with Crippen molar-refractivity contribution in [3.63, 3.8) is 0 Å². The molecule has 0 unspecified atom stereocenters. The molecule has 0 spiro atoms. The predicted molar refractivity (Wildman–Crippen MR) is 251 cm³/mol. The number of cyclic esters (lactones) is 1. The molecular weight excluding hydrogens is 841 g/mol. The molecule has 0 radical (unpaired) electrons. The maximum absolute atomic E-state index is 14.7. The second-order valence-electron chi connectivity index (χ2n) is 19.4. The number of esters is 1. The van der Waals surface area contributed by atoms with E-state index in [0.717, 1.165) is 39.0 Å². The Labute approximate surface area is 387 Å². The summed E-state index contributed by atoms with van der Waals surface area (Å²) in [6.07, 6.45) is 2.94. The van der Waals surface area contributed by atoms with Crippen molar-refractivity contribution in [1.29, 1.82) is 0 Å². The molecule has 354 valence electrons. The first kappa shape index (κ1) is 48.1. The van der Waals surface area contributed by atoms with Crippen molar-refractivity contribution in [2.24, 2.45) is 11.3 Å². The summed E-state index contributed by atoms with van der Waals surface area (Å²) in [6, 6.07) is 12.1. The van der Waals surface area contributed by atoms with Crippen molar-refractivity contribution in [3.8, 4) is 28.1 Å². The summed E-state index contributed by atoms with van der Waals surface area (Å²) in [6.45, 7) is 14.5. The molecule has 2 aromatic heterocycles. The van der Waals surface area contributed by atoms with Gasteiger partial charge in [-0.25, -0.2) is 5.43 Å². The van der Waals surface area contributed by atoms with Gasteiger partial charge in [-0.15, -0.1) is 0 Å². The van der Waals surface area contributed by atoms with Gasteiger partial charge in [-0.2, -0.15) is 0 Å². The quantitative estimate of drug-likeness (QED) is 0.120. The van der Waals surface area contributed by atoms with Gasteiger partial charge in [-0.05, 0) is 105 Å². The molecule has 16 nitrogen and oxygen atoms in total. The van der Waals surface area contributed by atoms with Crippen molar-refractivity contribution in [1.82, 2.24) is 40.4 Å². The van der Waals surface area contributed by atoms with Crippen LogP contribution < -0.4 is 16.1 Å². The number of hydrogen-bond acceptors (Lipinski definition) is 11. The number of benzene rings is 2. The Morgan fingerprint density at radius 2 is 1.82 bits per heavy atom. The molecule has 4 N–H and O–H groups in total. The summed E-state index contributed by atoms with van der Waals surface area (Å²) in [5, 5.41) is 19.7. The number of amides is 4. The van der Waals surface area contributed by atoms with Crippen molar-refractivity contribution in [2.75, 3.05) is 40.9 Å². The van der Waals surface area contributed by atoms with E-state index in [-0.39, 0.29) is 61.9 Å². The lowest BCUT2D eigenvalue weighted by atomic mass is 9.84. The number of rotatable bonds is 11. The van der Waals surface area contributed by atoms with Crippen LogP contribution in [0.15, 0.2) is 54.7 Å². The van der Waals surface area contributed by atoms with Crippen LogP contribution in [0.3, 0.4) is 0 Å². The summed E-state index contributed by atoms with van der Waals surface area (Å²) in [7, 11) is 4.75. The van der Waals surface area contributed by atoms with Crippen LogP contribution in [0.25, 0.3) is 33.3 Å². The fourth-order valence-corrected chi connectivity index (χ4v) is 9.55. The monoisotopic (exact) mass is 907 g/mol. The average Bonchev–Trinajstić information content (AvgIpc) is 3.95. The maximum atomic E-state index is 14.7. The molecule has 0 saturated carbocycles. The minimum Gasteiger partial charge on any atom is -0.508 e. The summed E-state index contributed by atoms with van der Waals surface area (Å²) in [5.41, 5.74) is 9.48. The highest BCUT2D eigenvalue weighted by Crippen LogP contribution is 2.42. The van der Waals surface area contributed by atoms with Crippen molar-refractivity contribution < 1.29 is 38.6 Å². The van der Waals surface area contributed by atoms with Gasteiger partial charge < -0.3 is 34.3 Å². The van der Waals surface area contributed by atoms with E-state index in [9.17, 15) is 29.1 Å². The average molecular weight is 907 g/mol. The Balaban J connectivity index is 1.30. The number of aromatic nitrogens is 2. The van der Waals surface area contributed by atoms with Crippen molar-refractivity contribution in [2.45, 2.75) is 117 Å². The standard InChI is InChI=1S/C50H66N8O8/c1-11-57-40-17-16-32-24-36(40)37(45(57)35-14-12-18-51-43(35)30(5)65-10)25-50(6,7)27-66-49(64)38-15-13-19-58(54-38)47(62)39(22-31-20-33(32)23-34(59)21-31)53-46(61)44(28(2)3)56(9)41(60)26-55(8)48(63)42-29(4)52-42/h12,14,16-18,20-21,23-24,28-30,38-39,42,44,52,54,59H,11,13,15,19,22,25-27H2,1-10H3,(H,53,61)/t29-,30+,38+,39+,42-,44+/m1/s1. The molecule has 6 atom stereocenters. The fraction of sp³-hybridized carbons (Fsp3) is 0.520. The Morgan fingerprint density at radius 1 is 1.08 bits per heavy atom. The van der Waals surface area contributed by atoms with Crippen LogP contribution in [0.4, 0.5) is 0 Å². The molecule has 3 aliphatic heterocycles. The molecular formula is C50H66N8O8. The lowest BCUT2D eigenvalue weighted by molar-refractivity contribution is -0.155. The predicted octanol–water partition coefficient (Wildman–Crippen LogP) is 4.75. The zero-order chi connectivity index (χ0) is 47.8. The first-order valence-corrected chi connectivity index (χ1v) is 23.1. The van der Waals surface area contributed by atoms with Gasteiger partial charge in [0.2, 0.25) is 17.7 Å². The summed E-state index contributed by atoms with van der Waals surface area (Å²) < 4.78 is 14.2. The molecule has 0 aliphatic carbocycles. The maximum Gasteiger partial charge on any atom is 0.324 e. The molecule has 16 heteroatoms. The van der Waals surface area contributed by atoms with Crippen molar-refractivity contribution >= 4 is 40.5 Å². The number of pyridine rings is 1. The lowest BCUT2D eigenvalue weighted by Gasteiger charge is -2.37. The normalized spacial score (nSPS) is 21.7. The number of carbonyl (C=O) groups is 5. The molecule has 3 aliphatic rings. The number of nitrogens with one attached hydrogen (secondary N) is 3. The molecule has 2 aromatic carbocycles. The number of methoxy groups -OCH3 is 1. The second-order valence-corrected chi connectivity index (χ2v) is 19.4. The van der Waals surface area contributed by atoms with Gasteiger partial charge in [0.05, 0.1) is 30.6 Å². The molecule has 2 fully saturated rings. The van der Waals surface area contributed by atoms with Gasteiger partial charge in [0.15, 0.2) is 0 Å². The number of aryl methyl sites for hydroxylation is 1. The molecule has 4 amide bonds. The number of hydrogen-bond donors (Lipinski definition) is 4. The molecule has 5 heterocycles. The first-order chi connectivity index (χ1) is 31.3. The van der Waals surface area contributed by atoms with E-state index in [1.54, 1.807) is 32.5 Å². The van der Waals surface area contributed by atoms with Crippen LogP contribution in [0, 0.1) is 11.3 Å². The minimum absolute atomic E-state index is 0.0185. The highest BCUT2D eigenvalue weighted by atomic mass is 16.5. The van der Waals surface area contributed by atoms with Crippen LogP contribution in [0.1, 0.15) is 84.2 Å². The van der Waals surface area contributed by atoms with E-state index in [1.807, 2.05) is 45.9 Å². The zero-order valence-corrected chi connectivity index (χ0v) is 39.9. The van der Waals surface area contributed by atoms with E-state index in [4.69, 9.17) is 14.5 Å². The van der Waals surface area contributed by atoms with Gasteiger partial charge in [0.25, 0.3) is 5.91 Å². The number of carbonyl (C=O) groups excluding carboxylic acids is 5. The first-order valence-electron chi connectivity index (χ1n) is 23.1. The number of phenols is 1. The Bertz CT molecular complexity index is 2500. The molecule has 4 aromatic rings. The number of aromatic hydroxyl groups is 1.